The van der Waals surface area contributed by atoms with E-state index >= 15 is 0 Å². The Bertz CT molecular complexity index is 1130. The first-order chi connectivity index (χ1) is 12.9. The lowest BCUT2D eigenvalue weighted by atomic mass is 10.1. The maximum atomic E-state index is 12.8. The third kappa shape index (κ3) is 3.87. The van der Waals surface area contributed by atoms with E-state index in [1.54, 1.807) is 30.5 Å². The highest BCUT2D eigenvalue weighted by Crippen LogP contribution is 2.27. The number of carbonyl (C=O) groups excluding carboxylic acids is 1. The number of carbonyl (C=O) groups is 1. The van der Waals surface area contributed by atoms with Gasteiger partial charge in [0, 0.05) is 16.6 Å². The summed E-state index contributed by atoms with van der Waals surface area (Å²) in [5.74, 6) is -0.258. The number of hydrogen-bond donors (Lipinski definition) is 2. The van der Waals surface area contributed by atoms with Crippen LogP contribution in [0.4, 0.5) is 5.69 Å². The molecule has 7 nitrogen and oxygen atoms in total. The Morgan fingerprint density at radius 2 is 1.93 bits per heavy atom. The predicted molar refractivity (Wildman–Crippen MR) is 104 cm³/mol. The summed E-state index contributed by atoms with van der Waals surface area (Å²) < 4.78 is 31.5. The molecule has 0 fully saturated rings. The Labute approximate surface area is 161 Å². The van der Waals surface area contributed by atoms with Gasteiger partial charge in [-0.1, -0.05) is 11.6 Å². The molecule has 0 bridgehead atoms. The first kappa shape index (κ1) is 19.1. The zero-order valence-corrected chi connectivity index (χ0v) is 16.1. The average molecular weight is 406 g/mol. The van der Waals surface area contributed by atoms with Crippen LogP contribution in [-0.4, -0.2) is 33.5 Å². The highest BCUT2D eigenvalue weighted by molar-refractivity contribution is 7.89. The van der Waals surface area contributed by atoms with Gasteiger partial charge in [-0.15, -0.1) is 0 Å². The first-order valence-electron chi connectivity index (χ1n) is 7.83. The number of aromatic nitrogens is 1. The third-order valence-corrected chi connectivity index (χ3v) is 5.59. The minimum Gasteiger partial charge on any atom is -0.496 e. The molecule has 0 radical (unpaired) electrons. The van der Waals surface area contributed by atoms with Crippen molar-refractivity contribution in [3.8, 4) is 5.75 Å². The lowest BCUT2D eigenvalue weighted by Crippen LogP contribution is -2.20. The van der Waals surface area contributed by atoms with Gasteiger partial charge < -0.3 is 10.1 Å². The van der Waals surface area contributed by atoms with Crippen molar-refractivity contribution in [1.29, 1.82) is 0 Å². The molecule has 0 aliphatic heterocycles. The first-order valence-corrected chi connectivity index (χ1v) is 9.69. The number of fused-ring (bicyclic) bond motifs is 1. The van der Waals surface area contributed by atoms with E-state index in [0.717, 1.165) is 0 Å². The Kier molecular flexibility index (Phi) is 5.31. The zero-order chi connectivity index (χ0) is 19.6. The van der Waals surface area contributed by atoms with Gasteiger partial charge in [0.2, 0.25) is 10.0 Å². The van der Waals surface area contributed by atoms with Crippen molar-refractivity contribution < 1.29 is 17.9 Å². The van der Waals surface area contributed by atoms with Gasteiger partial charge >= 0.3 is 0 Å². The second-order valence-corrected chi connectivity index (χ2v) is 7.87. The number of pyridine rings is 1. The number of ether oxygens (including phenoxy) is 1. The van der Waals surface area contributed by atoms with Crippen LogP contribution in [0.2, 0.25) is 5.02 Å². The quantitative estimate of drug-likeness (QED) is 0.679. The zero-order valence-electron chi connectivity index (χ0n) is 14.5. The fourth-order valence-corrected chi connectivity index (χ4v) is 3.49. The molecule has 0 saturated carbocycles. The Morgan fingerprint density at radius 3 is 2.63 bits per heavy atom. The van der Waals surface area contributed by atoms with Crippen LogP contribution < -0.4 is 14.8 Å². The summed E-state index contributed by atoms with van der Waals surface area (Å²) in [5.41, 5.74) is 1.23. The standard InChI is InChI=1S/C18H16ClN3O4S/c1-20-27(24,25)12-4-6-17(26-2)14(10-12)18(23)22-15-7-8-21-16-9-11(19)3-5-13(15)16/h3-10,20H,1-2H3,(H,21,22,23). The average Bonchev–Trinajstić information content (AvgIpc) is 2.67. The van der Waals surface area contributed by atoms with Crippen LogP contribution in [0, 0.1) is 0 Å². The molecule has 0 atom stereocenters. The van der Waals surface area contributed by atoms with Crippen molar-refractivity contribution in [3.05, 3.63) is 59.2 Å². The van der Waals surface area contributed by atoms with E-state index in [4.69, 9.17) is 16.3 Å². The maximum Gasteiger partial charge on any atom is 0.259 e. The molecule has 0 spiro atoms. The van der Waals surface area contributed by atoms with Crippen molar-refractivity contribution >= 4 is 44.1 Å². The molecule has 3 aromatic rings. The van der Waals surface area contributed by atoms with E-state index < -0.39 is 15.9 Å². The highest BCUT2D eigenvalue weighted by atomic mass is 35.5. The van der Waals surface area contributed by atoms with Gasteiger partial charge in [0.15, 0.2) is 0 Å². The van der Waals surface area contributed by atoms with Gasteiger partial charge in [-0.25, -0.2) is 13.1 Å². The molecule has 27 heavy (non-hydrogen) atoms. The van der Waals surface area contributed by atoms with E-state index in [0.29, 0.717) is 21.6 Å². The van der Waals surface area contributed by atoms with Gasteiger partial charge in [0.25, 0.3) is 5.91 Å². The van der Waals surface area contributed by atoms with E-state index in [9.17, 15) is 13.2 Å². The molecule has 2 N–H and O–H groups in total. The van der Waals surface area contributed by atoms with E-state index in [1.807, 2.05) is 0 Å². The van der Waals surface area contributed by atoms with Crippen molar-refractivity contribution in [2.24, 2.45) is 0 Å². The summed E-state index contributed by atoms with van der Waals surface area (Å²) in [4.78, 5) is 17.0. The lowest BCUT2D eigenvalue weighted by Gasteiger charge is -2.12. The highest BCUT2D eigenvalue weighted by Gasteiger charge is 2.19. The summed E-state index contributed by atoms with van der Waals surface area (Å²) in [5, 5.41) is 4.01. The van der Waals surface area contributed by atoms with Crippen LogP contribution in [0.25, 0.3) is 10.9 Å². The van der Waals surface area contributed by atoms with Crippen LogP contribution in [0.1, 0.15) is 10.4 Å². The summed E-state index contributed by atoms with van der Waals surface area (Å²) in [6, 6.07) is 10.8. The second-order valence-electron chi connectivity index (χ2n) is 5.54. The topological polar surface area (TPSA) is 97.4 Å². The van der Waals surface area contributed by atoms with Crippen LogP contribution in [0.15, 0.2) is 53.6 Å². The number of hydrogen-bond acceptors (Lipinski definition) is 5. The molecule has 1 amide bonds. The molecule has 1 heterocycles. The molecule has 0 aliphatic carbocycles. The number of nitrogens with one attached hydrogen (secondary N) is 2. The Balaban J connectivity index is 2.03. The number of rotatable bonds is 5. The van der Waals surface area contributed by atoms with Gasteiger partial charge in [-0.05, 0) is 49.5 Å². The van der Waals surface area contributed by atoms with Crippen molar-refractivity contribution in [2.75, 3.05) is 19.5 Å². The minimum atomic E-state index is -3.70. The summed E-state index contributed by atoms with van der Waals surface area (Å²) in [7, 11) is -0.998. The van der Waals surface area contributed by atoms with Gasteiger partial charge in [-0.3, -0.25) is 9.78 Å². The number of amides is 1. The fourth-order valence-electron chi connectivity index (χ4n) is 2.57. The molecule has 3 rings (SSSR count). The van der Waals surface area contributed by atoms with Crippen LogP contribution in [0.5, 0.6) is 5.75 Å². The number of nitrogens with zero attached hydrogens (tertiary/aromatic N) is 1. The minimum absolute atomic E-state index is 0.0395. The fraction of sp³-hybridized carbons (Fsp3) is 0.111. The Hall–Kier alpha value is -2.68. The second kappa shape index (κ2) is 7.51. The normalized spacial score (nSPS) is 11.4. The Morgan fingerprint density at radius 1 is 1.15 bits per heavy atom. The smallest absolute Gasteiger partial charge is 0.259 e. The predicted octanol–water partition coefficient (Wildman–Crippen LogP) is 3.06. The molecule has 9 heteroatoms. The van der Waals surface area contributed by atoms with Gasteiger partial charge in [0.1, 0.15) is 5.75 Å². The van der Waals surface area contributed by atoms with Crippen LogP contribution in [-0.2, 0) is 10.0 Å². The largest absolute Gasteiger partial charge is 0.496 e. The molecular formula is C18H16ClN3O4S. The van der Waals surface area contributed by atoms with Crippen LogP contribution >= 0.6 is 11.6 Å². The van der Waals surface area contributed by atoms with Crippen molar-refractivity contribution in [3.63, 3.8) is 0 Å². The number of benzene rings is 2. The monoisotopic (exact) mass is 405 g/mol. The summed E-state index contributed by atoms with van der Waals surface area (Å²) >= 11 is 5.98. The summed E-state index contributed by atoms with van der Waals surface area (Å²) in [6.45, 7) is 0. The SMILES string of the molecule is CNS(=O)(=O)c1ccc(OC)c(C(=O)Nc2ccnc3cc(Cl)ccc23)c1. The van der Waals surface area contributed by atoms with E-state index in [1.165, 1.54) is 32.4 Å². The number of halogens is 1. The van der Waals surface area contributed by atoms with Crippen molar-refractivity contribution in [2.45, 2.75) is 4.90 Å². The molecule has 1 aromatic heterocycles. The van der Waals surface area contributed by atoms with Gasteiger partial charge in [0.05, 0.1) is 28.8 Å². The lowest BCUT2D eigenvalue weighted by molar-refractivity contribution is 0.102. The molecule has 140 valence electrons. The number of sulfonamides is 1. The maximum absolute atomic E-state index is 12.8. The molecule has 0 unspecified atom stereocenters. The molecule has 0 saturated heterocycles. The third-order valence-electron chi connectivity index (χ3n) is 3.95. The van der Waals surface area contributed by atoms with Crippen molar-refractivity contribution in [1.82, 2.24) is 9.71 Å². The summed E-state index contributed by atoms with van der Waals surface area (Å²) in [6.07, 6.45) is 1.55. The van der Waals surface area contributed by atoms with E-state index in [-0.39, 0.29) is 16.2 Å². The van der Waals surface area contributed by atoms with E-state index in [2.05, 4.69) is 15.0 Å². The van der Waals surface area contributed by atoms with Gasteiger partial charge in [-0.2, -0.15) is 0 Å². The number of methoxy groups -OCH3 is 1. The molecule has 2 aromatic carbocycles. The molecular weight excluding hydrogens is 390 g/mol. The molecule has 0 aliphatic rings. The van der Waals surface area contributed by atoms with Crippen LogP contribution in [0.3, 0.4) is 0 Å². The number of anilines is 1.